The summed E-state index contributed by atoms with van der Waals surface area (Å²) < 4.78 is 0. The topological polar surface area (TPSA) is 83.6 Å². The summed E-state index contributed by atoms with van der Waals surface area (Å²) in [5.41, 5.74) is 10.3. The molecular weight excluding hydrogens is 352 g/mol. The first-order chi connectivity index (χ1) is 13.4. The number of amides is 1. The summed E-state index contributed by atoms with van der Waals surface area (Å²) in [5, 5.41) is 9.11. The minimum atomic E-state index is -1.01. The van der Waals surface area contributed by atoms with Gasteiger partial charge in [-0.1, -0.05) is 30.8 Å². The number of nitrogens with zero attached hydrogens (tertiary/aromatic N) is 1. The first-order valence-electron chi connectivity index (χ1n) is 9.56. The van der Waals surface area contributed by atoms with Crippen LogP contribution in [0.15, 0.2) is 49.0 Å². The van der Waals surface area contributed by atoms with Crippen molar-refractivity contribution >= 4 is 23.1 Å². The molecule has 28 heavy (non-hydrogen) atoms. The van der Waals surface area contributed by atoms with Gasteiger partial charge in [-0.2, -0.15) is 0 Å². The summed E-state index contributed by atoms with van der Waals surface area (Å²) >= 11 is 0. The molecule has 1 atom stereocenters. The van der Waals surface area contributed by atoms with Crippen molar-refractivity contribution in [3.05, 3.63) is 71.3 Å². The van der Waals surface area contributed by atoms with Crippen molar-refractivity contribution in [2.45, 2.75) is 32.1 Å². The largest absolute Gasteiger partial charge is 0.478 e. The first-order valence-corrected chi connectivity index (χ1v) is 9.56. The number of carbonyl (C=O) groups is 2. The summed E-state index contributed by atoms with van der Waals surface area (Å²) in [6, 6.07) is 12.4. The van der Waals surface area contributed by atoms with Crippen LogP contribution in [0.2, 0.25) is 0 Å². The van der Waals surface area contributed by atoms with E-state index in [1.165, 1.54) is 18.6 Å². The van der Waals surface area contributed by atoms with Gasteiger partial charge in [-0.25, -0.2) is 4.79 Å². The van der Waals surface area contributed by atoms with E-state index in [1.54, 1.807) is 12.1 Å². The number of anilines is 1. The number of carbonyl (C=O) groups excluding carboxylic acids is 1. The van der Waals surface area contributed by atoms with E-state index in [-0.39, 0.29) is 5.56 Å². The Bertz CT molecular complexity index is 897. The van der Waals surface area contributed by atoms with Crippen LogP contribution in [0, 0.1) is 6.92 Å². The number of aryl methyl sites for hydroxylation is 1. The maximum Gasteiger partial charge on any atom is 0.335 e. The highest BCUT2D eigenvalue weighted by Gasteiger charge is 2.27. The standard InChI is InChI=1S/C23H26N2O3/c1-15-7-6-8-19(25-13-4-3-5-14-25)20(15)16(2)21(22(24)26)17-9-11-18(12-10-17)23(27)28/h6-12,21H,2-5,13-14H2,1H3,(H2,24,26)(H,27,28). The minimum Gasteiger partial charge on any atom is -0.478 e. The second-order valence-electron chi connectivity index (χ2n) is 7.30. The number of benzene rings is 2. The third-order valence-electron chi connectivity index (χ3n) is 5.39. The van der Waals surface area contributed by atoms with E-state index in [2.05, 4.69) is 17.5 Å². The van der Waals surface area contributed by atoms with E-state index in [1.807, 2.05) is 19.1 Å². The van der Waals surface area contributed by atoms with Crippen LogP contribution in [0.5, 0.6) is 0 Å². The average molecular weight is 378 g/mol. The monoisotopic (exact) mass is 378 g/mol. The van der Waals surface area contributed by atoms with Crippen molar-refractivity contribution in [3.8, 4) is 0 Å². The lowest BCUT2D eigenvalue weighted by Gasteiger charge is -2.32. The number of primary amides is 1. The molecule has 5 nitrogen and oxygen atoms in total. The molecule has 0 radical (unpaired) electrons. The van der Waals surface area contributed by atoms with E-state index in [4.69, 9.17) is 10.8 Å². The normalized spacial score (nSPS) is 15.1. The Morgan fingerprint density at radius 3 is 2.29 bits per heavy atom. The molecule has 146 valence electrons. The third-order valence-corrected chi connectivity index (χ3v) is 5.39. The van der Waals surface area contributed by atoms with Gasteiger partial charge in [-0.05, 0) is 61.1 Å². The Morgan fingerprint density at radius 2 is 1.71 bits per heavy atom. The predicted molar refractivity (Wildman–Crippen MR) is 112 cm³/mol. The highest BCUT2D eigenvalue weighted by atomic mass is 16.4. The van der Waals surface area contributed by atoms with Gasteiger partial charge in [0.2, 0.25) is 5.91 Å². The SMILES string of the molecule is C=C(c1c(C)cccc1N1CCCCC1)C(C(N)=O)c1ccc(C(=O)O)cc1. The van der Waals surface area contributed by atoms with Crippen LogP contribution in [-0.2, 0) is 4.79 Å². The van der Waals surface area contributed by atoms with Crippen LogP contribution in [0.4, 0.5) is 5.69 Å². The summed E-state index contributed by atoms with van der Waals surface area (Å²) in [6.45, 7) is 8.24. The first kappa shape index (κ1) is 19.7. The molecule has 0 bridgehead atoms. The molecule has 3 rings (SSSR count). The number of rotatable bonds is 6. The van der Waals surface area contributed by atoms with Crippen LogP contribution in [-0.4, -0.2) is 30.1 Å². The van der Waals surface area contributed by atoms with E-state index >= 15 is 0 Å². The van der Waals surface area contributed by atoms with Crippen LogP contribution >= 0.6 is 0 Å². The molecule has 1 aliphatic rings. The minimum absolute atomic E-state index is 0.169. The second-order valence-corrected chi connectivity index (χ2v) is 7.30. The van der Waals surface area contributed by atoms with Crippen molar-refractivity contribution in [1.29, 1.82) is 0 Å². The highest BCUT2D eigenvalue weighted by Crippen LogP contribution is 2.38. The van der Waals surface area contributed by atoms with Crippen molar-refractivity contribution in [2.75, 3.05) is 18.0 Å². The Kier molecular flexibility index (Phi) is 5.83. The van der Waals surface area contributed by atoms with Gasteiger partial charge in [0.25, 0.3) is 0 Å². The average Bonchev–Trinajstić information content (AvgIpc) is 2.68. The number of hydrogen-bond donors (Lipinski definition) is 2. The fourth-order valence-corrected chi connectivity index (χ4v) is 3.97. The zero-order chi connectivity index (χ0) is 20.3. The molecular formula is C23H26N2O3. The lowest BCUT2D eigenvalue weighted by atomic mass is 9.84. The maximum atomic E-state index is 12.4. The van der Waals surface area contributed by atoms with Gasteiger partial charge in [0, 0.05) is 24.3 Å². The van der Waals surface area contributed by atoms with Gasteiger partial charge < -0.3 is 15.7 Å². The van der Waals surface area contributed by atoms with Crippen molar-refractivity contribution in [3.63, 3.8) is 0 Å². The third kappa shape index (κ3) is 3.93. The van der Waals surface area contributed by atoms with Gasteiger partial charge in [-0.3, -0.25) is 4.79 Å². The number of carboxylic acid groups (broad SMARTS) is 1. The molecule has 2 aromatic rings. The zero-order valence-corrected chi connectivity index (χ0v) is 16.1. The van der Waals surface area contributed by atoms with Crippen molar-refractivity contribution in [2.24, 2.45) is 5.73 Å². The lowest BCUT2D eigenvalue weighted by Crippen LogP contribution is -2.31. The number of nitrogens with two attached hydrogens (primary N) is 1. The van der Waals surface area contributed by atoms with Gasteiger partial charge in [0.05, 0.1) is 11.5 Å². The molecule has 5 heteroatoms. The Balaban J connectivity index is 2.02. The van der Waals surface area contributed by atoms with Gasteiger partial charge in [-0.15, -0.1) is 0 Å². The quantitative estimate of drug-likeness (QED) is 0.797. The summed E-state index contributed by atoms with van der Waals surface area (Å²) in [6.07, 6.45) is 3.53. The molecule has 1 saturated heterocycles. The van der Waals surface area contributed by atoms with Gasteiger partial charge in [0.15, 0.2) is 0 Å². The molecule has 0 aromatic heterocycles. The highest BCUT2D eigenvalue weighted by molar-refractivity contribution is 5.98. The Morgan fingerprint density at radius 1 is 1.07 bits per heavy atom. The van der Waals surface area contributed by atoms with Gasteiger partial charge >= 0.3 is 5.97 Å². The zero-order valence-electron chi connectivity index (χ0n) is 16.1. The Hall–Kier alpha value is -3.08. The number of carboxylic acids is 1. The van der Waals surface area contributed by atoms with Crippen molar-refractivity contribution < 1.29 is 14.7 Å². The molecule has 1 fully saturated rings. The van der Waals surface area contributed by atoms with Crippen LogP contribution < -0.4 is 10.6 Å². The smallest absolute Gasteiger partial charge is 0.335 e. The fraction of sp³-hybridized carbons (Fsp3) is 0.304. The molecule has 0 aliphatic carbocycles. The summed E-state index contributed by atoms with van der Waals surface area (Å²) in [5.74, 6) is -2.22. The molecule has 1 unspecified atom stereocenters. The van der Waals surface area contributed by atoms with E-state index in [9.17, 15) is 9.59 Å². The molecule has 0 spiro atoms. The molecule has 2 aromatic carbocycles. The number of aromatic carboxylic acids is 1. The summed E-state index contributed by atoms with van der Waals surface area (Å²) in [4.78, 5) is 25.8. The molecule has 0 saturated carbocycles. The lowest BCUT2D eigenvalue weighted by molar-refractivity contribution is -0.118. The van der Waals surface area contributed by atoms with Crippen molar-refractivity contribution in [1.82, 2.24) is 0 Å². The molecule has 3 N–H and O–H groups in total. The van der Waals surface area contributed by atoms with Gasteiger partial charge in [0.1, 0.15) is 0 Å². The molecule has 1 aliphatic heterocycles. The van der Waals surface area contributed by atoms with Crippen LogP contribution in [0.3, 0.4) is 0 Å². The Labute approximate surface area is 165 Å². The fourth-order valence-electron chi connectivity index (χ4n) is 3.97. The molecule has 1 amide bonds. The van der Waals surface area contributed by atoms with E-state index < -0.39 is 17.8 Å². The van der Waals surface area contributed by atoms with E-state index in [0.29, 0.717) is 11.1 Å². The van der Waals surface area contributed by atoms with Crippen LogP contribution in [0.25, 0.3) is 5.57 Å². The predicted octanol–water partition coefficient (Wildman–Crippen LogP) is 3.97. The van der Waals surface area contributed by atoms with E-state index in [0.717, 1.165) is 42.7 Å². The summed E-state index contributed by atoms with van der Waals surface area (Å²) in [7, 11) is 0. The van der Waals surface area contributed by atoms with Crippen LogP contribution in [0.1, 0.15) is 52.2 Å². The molecule has 1 heterocycles. The number of piperidine rings is 1. The second kappa shape index (κ2) is 8.30. The maximum absolute atomic E-state index is 12.4. The number of hydrogen-bond acceptors (Lipinski definition) is 3.